The Morgan fingerprint density at radius 3 is 2.47 bits per heavy atom. The van der Waals surface area contributed by atoms with Gasteiger partial charge < -0.3 is 5.11 Å². The van der Waals surface area contributed by atoms with Crippen molar-refractivity contribution in [3.63, 3.8) is 0 Å². The Labute approximate surface area is 97.5 Å². The molecule has 0 atom stereocenters. The minimum atomic E-state index is -4.35. The van der Waals surface area contributed by atoms with E-state index in [0.29, 0.717) is 18.5 Å². The van der Waals surface area contributed by atoms with Crippen molar-refractivity contribution in [1.29, 1.82) is 0 Å². The van der Waals surface area contributed by atoms with Gasteiger partial charge in [0.2, 0.25) is 0 Å². The van der Waals surface area contributed by atoms with Crippen LogP contribution in [0.2, 0.25) is 0 Å². The molecule has 17 heavy (non-hydrogen) atoms. The molecule has 94 valence electrons. The van der Waals surface area contributed by atoms with Gasteiger partial charge in [0, 0.05) is 17.3 Å². The minimum absolute atomic E-state index is 0.138. The maximum Gasteiger partial charge on any atom is 0.416 e. The van der Waals surface area contributed by atoms with E-state index in [1.165, 1.54) is 6.20 Å². The highest BCUT2D eigenvalue weighted by Crippen LogP contribution is 2.41. The third-order valence-electron chi connectivity index (χ3n) is 3.49. The zero-order valence-electron chi connectivity index (χ0n) is 9.30. The molecule has 0 unspecified atom stereocenters. The summed E-state index contributed by atoms with van der Waals surface area (Å²) in [4.78, 5) is 4.02. The lowest BCUT2D eigenvalue weighted by Gasteiger charge is -2.26. The zero-order chi connectivity index (χ0) is 12.5. The lowest BCUT2D eigenvalue weighted by molar-refractivity contribution is -0.137. The van der Waals surface area contributed by atoms with Crippen molar-refractivity contribution < 1.29 is 18.3 Å². The van der Waals surface area contributed by atoms with Gasteiger partial charge in [0.1, 0.15) is 0 Å². The van der Waals surface area contributed by atoms with E-state index in [1.54, 1.807) is 0 Å². The monoisotopic (exact) mass is 245 g/mol. The fraction of sp³-hybridized carbons (Fsp3) is 0.583. The van der Waals surface area contributed by atoms with Crippen molar-refractivity contribution in [2.24, 2.45) is 0 Å². The molecule has 1 heterocycles. The van der Waals surface area contributed by atoms with Gasteiger partial charge in [-0.25, -0.2) is 0 Å². The third kappa shape index (κ3) is 2.29. The molecule has 1 saturated carbocycles. The topological polar surface area (TPSA) is 33.1 Å². The van der Waals surface area contributed by atoms with E-state index < -0.39 is 17.2 Å². The first kappa shape index (κ1) is 12.4. The predicted octanol–water partition coefficient (Wildman–Crippen LogP) is 2.90. The molecule has 5 heteroatoms. The highest BCUT2D eigenvalue weighted by Gasteiger charge is 2.38. The second-order valence-corrected chi connectivity index (χ2v) is 4.57. The number of alkyl halides is 3. The van der Waals surface area contributed by atoms with E-state index in [1.807, 2.05) is 0 Å². The lowest BCUT2D eigenvalue weighted by Crippen LogP contribution is -2.28. The summed E-state index contributed by atoms with van der Waals surface area (Å²) in [5.74, 6) is 0. The highest BCUT2D eigenvalue weighted by molar-refractivity contribution is 5.26. The average molecular weight is 245 g/mol. The smallest absolute Gasteiger partial charge is 0.395 e. The fourth-order valence-electron chi connectivity index (χ4n) is 2.44. The Kier molecular flexibility index (Phi) is 3.12. The van der Waals surface area contributed by atoms with Crippen molar-refractivity contribution in [3.8, 4) is 0 Å². The lowest BCUT2D eigenvalue weighted by atomic mass is 9.82. The molecule has 2 rings (SSSR count). The first-order valence-corrected chi connectivity index (χ1v) is 5.62. The van der Waals surface area contributed by atoms with Gasteiger partial charge in [-0.15, -0.1) is 0 Å². The van der Waals surface area contributed by atoms with Crippen LogP contribution in [0.1, 0.15) is 36.9 Å². The first-order chi connectivity index (χ1) is 7.98. The van der Waals surface area contributed by atoms with Crippen LogP contribution in [0.25, 0.3) is 0 Å². The maximum atomic E-state index is 12.6. The van der Waals surface area contributed by atoms with Crippen LogP contribution in [0.3, 0.4) is 0 Å². The van der Waals surface area contributed by atoms with Crippen LogP contribution in [-0.2, 0) is 11.6 Å². The summed E-state index contributed by atoms with van der Waals surface area (Å²) < 4.78 is 37.8. The van der Waals surface area contributed by atoms with Crippen LogP contribution in [0.4, 0.5) is 13.2 Å². The normalized spacial score (nSPS) is 19.5. The average Bonchev–Trinajstić information content (AvgIpc) is 2.78. The standard InChI is InChI=1S/C12H14F3NO/c13-12(14,15)9-3-6-16-10(7-9)11(8-17)4-1-2-5-11/h3,6-7,17H,1-2,4-5,8H2. The van der Waals surface area contributed by atoms with Gasteiger partial charge in [0.15, 0.2) is 0 Å². The third-order valence-corrected chi connectivity index (χ3v) is 3.49. The summed E-state index contributed by atoms with van der Waals surface area (Å²) >= 11 is 0. The molecule has 1 aromatic rings. The first-order valence-electron chi connectivity index (χ1n) is 5.62. The molecule has 1 N–H and O–H groups in total. The van der Waals surface area contributed by atoms with Crippen LogP contribution in [0.15, 0.2) is 18.3 Å². The molecule has 1 aromatic heterocycles. The largest absolute Gasteiger partial charge is 0.416 e. The summed E-state index contributed by atoms with van der Waals surface area (Å²) in [5, 5.41) is 9.44. The fourth-order valence-corrected chi connectivity index (χ4v) is 2.44. The van der Waals surface area contributed by atoms with E-state index in [-0.39, 0.29) is 6.61 Å². The Balaban J connectivity index is 2.39. The number of aromatic nitrogens is 1. The summed E-state index contributed by atoms with van der Waals surface area (Å²) in [7, 11) is 0. The van der Waals surface area contributed by atoms with Gasteiger partial charge >= 0.3 is 6.18 Å². The molecule has 2 nitrogen and oxygen atoms in total. The highest BCUT2D eigenvalue weighted by atomic mass is 19.4. The van der Waals surface area contributed by atoms with Gasteiger partial charge in [0.25, 0.3) is 0 Å². The number of halogens is 3. The van der Waals surface area contributed by atoms with Crippen molar-refractivity contribution >= 4 is 0 Å². The van der Waals surface area contributed by atoms with Crippen molar-refractivity contribution in [2.75, 3.05) is 6.61 Å². The van der Waals surface area contributed by atoms with Gasteiger partial charge in [-0.2, -0.15) is 13.2 Å². The van der Waals surface area contributed by atoms with Gasteiger partial charge in [-0.3, -0.25) is 4.98 Å². The molecule has 0 saturated heterocycles. The van der Waals surface area contributed by atoms with E-state index in [0.717, 1.165) is 25.0 Å². The van der Waals surface area contributed by atoms with Crippen molar-refractivity contribution in [3.05, 3.63) is 29.6 Å². The second kappa shape index (κ2) is 4.29. The maximum absolute atomic E-state index is 12.6. The van der Waals surface area contributed by atoms with Gasteiger partial charge in [-0.05, 0) is 25.0 Å². The molecule has 0 spiro atoms. The van der Waals surface area contributed by atoms with E-state index >= 15 is 0 Å². The van der Waals surface area contributed by atoms with E-state index in [2.05, 4.69) is 4.98 Å². The Morgan fingerprint density at radius 2 is 1.94 bits per heavy atom. The van der Waals surface area contributed by atoms with Crippen LogP contribution in [0, 0.1) is 0 Å². The van der Waals surface area contributed by atoms with Crippen LogP contribution in [0.5, 0.6) is 0 Å². The molecule has 1 fully saturated rings. The molecular formula is C12H14F3NO. The molecule has 0 aliphatic heterocycles. The number of nitrogens with zero attached hydrogens (tertiary/aromatic N) is 1. The summed E-state index contributed by atoms with van der Waals surface area (Å²) in [6, 6.07) is 2.03. The van der Waals surface area contributed by atoms with Crippen LogP contribution >= 0.6 is 0 Å². The Morgan fingerprint density at radius 1 is 1.29 bits per heavy atom. The molecule has 0 amide bonds. The van der Waals surface area contributed by atoms with Crippen LogP contribution < -0.4 is 0 Å². The number of hydrogen-bond donors (Lipinski definition) is 1. The minimum Gasteiger partial charge on any atom is -0.395 e. The number of hydrogen-bond acceptors (Lipinski definition) is 2. The predicted molar refractivity (Wildman–Crippen MR) is 56.5 cm³/mol. The number of aliphatic hydroxyl groups excluding tert-OH is 1. The summed E-state index contributed by atoms with van der Waals surface area (Å²) in [6.07, 6.45) is 0.0907. The summed E-state index contributed by atoms with van der Waals surface area (Å²) in [5.41, 5.74) is -0.893. The molecule has 1 aliphatic rings. The SMILES string of the molecule is OCC1(c2cc(C(F)(F)F)ccn2)CCCC1. The van der Waals surface area contributed by atoms with Gasteiger partial charge in [-0.1, -0.05) is 12.8 Å². The zero-order valence-corrected chi connectivity index (χ0v) is 9.30. The quantitative estimate of drug-likeness (QED) is 0.869. The second-order valence-electron chi connectivity index (χ2n) is 4.57. The van der Waals surface area contributed by atoms with Crippen LogP contribution in [-0.4, -0.2) is 16.7 Å². The van der Waals surface area contributed by atoms with E-state index in [9.17, 15) is 18.3 Å². The molecule has 0 bridgehead atoms. The molecule has 1 aliphatic carbocycles. The number of pyridine rings is 1. The Bertz CT molecular complexity index is 397. The summed E-state index contributed by atoms with van der Waals surface area (Å²) in [6.45, 7) is -0.138. The van der Waals surface area contributed by atoms with Crippen molar-refractivity contribution in [1.82, 2.24) is 4.98 Å². The number of rotatable bonds is 2. The van der Waals surface area contributed by atoms with Crippen molar-refractivity contribution in [2.45, 2.75) is 37.3 Å². The van der Waals surface area contributed by atoms with Gasteiger partial charge in [0.05, 0.1) is 12.2 Å². The van der Waals surface area contributed by atoms with E-state index in [4.69, 9.17) is 0 Å². The molecule has 0 aromatic carbocycles. The molecular weight excluding hydrogens is 231 g/mol. The Hall–Kier alpha value is -1.10. The number of aliphatic hydroxyl groups is 1. The molecule has 0 radical (unpaired) electrons.